The average Bonchev–Trinajstić information content (AvgIpc) is 2.35. The molecule has 6 heteroatoms. The molecule has 0 aromatic heterocycles. The maximum Gasteiger partial charge on any atom is 0.173 e. The number of hydrogen-bond acceptors (Lipinski definition) is 4. The van der Waals surface area contributed by atoms with Crippen LogP contribution in [0.2, 0.25) is 5.02 Å². The van der Waals surface area contributed by atoms with E-state index in [2.05, 4.69) is 5.16 Å². The molecule has 0 bridgehead atoms. The maximum atomic E-state index is 9.31. The predicted molar refractivity (Wildman–Crippen MR) is 76.0 cm³/mol. The third-order valence-electron chi connectivity index (χ3n) is 3.51. The number of halogens is 1. The van der Waals surface area contributed by atoms with Gasteiger partial charge in [-0.3, -0.25) is 0 Å². The quantitative estimate of drug-likeness (QED) is 0.340. The van der Waals surface area contributed by atoms with Gasteiger partial charge in [0.1, 0.15) is 0 Å². The van der Waals surface area contributed by atoms with Crippen LogP contribution in [0.5, 0.6) is 0 Å². The van der Waals surface area contributed by atoms with Crippen molar-refractivity contribution in [3.8, 4) is 0 Å². The third kappa shape index (κ3) is 2.93. The monoisotopic (exact) mass is 283 g/mol. The van der Waals surface area contributed by atoms with Gasteiger partial charge in [-0.2, -0.15) is 0 Å². The number of aliphatic hydroxyl groups excluding tert-OH is 1. The van der Waals surface area contributed by atoms with E-state index in [1.54, 1.807) is 6.07 Å². The molecule has 0 aliphatic heterocycles. The molecule has 1 saturated carbocycles. The molecule has 5 nitrogen and oxygen atoms in total. The summed E-state index contributed by atoms with van der Waals surface area (Å²) < 4.78 is 0. The first-order valence-electron chi connectivity index (χ1n) is 6.18. The van der Waals surface area contributed by atoms with Crippen LogP contribution in [0.25, 0.3) is 0 Å². The average molecular weight is 284 g/mol. The van der Waals surface area contributed by atoms with Crippen molar-refractivity contribution < 1.29 is 10.3 Å². The van der Waals surface area contributed by atoms with Gasteiger partial charge in [-0.15, -0.1) is 0 Å². The van der Waals surface area contributed by atoms with Crippen molar-refractivity contribution in [2.45, 2.75) is 18.9 Å². The number of amidine groups is 1. The summed E-state index contributed by atoms with van der Waals surface area (Å²) in [5.41, 5.74) is 7.04. The van der Waals surface area contributed by atoms with Crippen molar-refractivity contribution in [1.82, 2.24) is 0 Å². The minimum atomic E-state index is -0.165. The van der Waals surface area contributed by atoms with Crippen LogP contribution in [0.15, 0.2) is 23.4 Å². The van der Waals surface area contributed by atoms with E-state index in [0.717, 1.165) is 25.1 Å². The van der Waals surface area contributed by atoms with E-state index in [-0.39, 0.29) is 11.9 Å². The summed E-state index contributed by atoms with van der Waals surface area (Å²) in [6, 6.07) is 5.42. The first-order chi connectivity index (χ1) is 9.02. The Labute approximate surface area is 117 Å². The molecule has 19 heavy (non-hydrogen) atoms. The zero-order valence-electron chi connectivity index (χ0n) is 10.8. The highest BCUT2D eigenvalue weighted by Gasteiger charge is 2.28. The summed E-state index contributed by atoms with van der Waals surface area (Å²) in [5.74, 6) is 0.472. The number of nitrogens with zero attached hydrogens (tertiary/aromatic N) is 2. The third-order valence-corrected chi connectivity index (χ3v) is 3.82. The highest BCUT2D eigenvalue weighted by Crippen LogP contribution is 2.32. The fraction of sp³-hybridized carbons (Fsp3) is 0.462. The summed E-state index contributed by atoms with van der Waals surface area (Å²) in [6.45, 7) is 0.809. The summed E-state index contributed by atoms with van der Waals surface area (Å²) in [5, 5.41) is 21.6. The van der Waals surface area contributed by atoms with Crippen LogP contribution in [0.3, 0.4) is 0 Å². The van der Waals surface area contributed by atoms with Crippen LogP contribution in [0.1, 0.15) is 18.4 Å². The van der Waals surface area contributed by atoms with Crippen molar-refractivity contribution in [3.63, 3.8) is 0 Å². The smallest absolute Gasteiger partial charge is 0.173 e. The van der Waals surface area contributed by atoms with Gasteiger partial charge in [0.2, 0.25) is 0 Å². The number of rotatable bonds is 4. The molecular formula is C13H18ClN3O2. The number of anilines is 1. The molecule has 0 heterocycles. The molecule has 0 spiro atoms. The molecule has 0 atom stereocenters. The zero-order valence-corrected chi connectivity index (χ0v) is 11.5. The summed E-state index contributed by atoms with van der Waals surface area (Å²) in [7, 11) is 1.94. The van der Waals surface area contributed by atoms with Gasteiger partial charge in [0.15, 0.2) is 5.84 Å². The van der Waals surface area contributed by atoms with Gasteiger partial charge >= 0.3 is 0 Å². The largest absolute Gasteiger partial charge is 0.409 e. The Morgan fingerprint density at radius 1 is 1.53 bits per heavy atom. The second kappa shape index (κ2) is 5.67. The van der Waals surface area contributed by atoms with E-state index >= 15 is 0 Å². The van der Waals surface area contributed by atoms with E-state index in [1.807, 2.05) is 24.1 Å². The van der Waals surface area contributed by atoms with Crippen LogP contribution in [-0.2, 0) is 0 Å². The number of oxime groups is 1. The molecule has 1 fully saturated rings. The van der Waals surface area contributed by atoms with E-state index in [9.17, 15) is 5.11 Å². The normalized spacial score (nSPS) is 23.0. The van der Waals surface area contributed by atoms with E-state index < -0.39 is 0 Å². The fourth-order valence-corrected chi connectivity index (χ4v) is 2.74. The molecule has 1 aromatic rings. The van der Waals surface area contributed by atoms with Crippen LogP contribution < -0.4 is 10.6 Å². The van der Waals surface area contributed by atoms with Gasteiger partial charge in [0.05, 0.1) is 16.7 Å². The summed E-state index contributed by atoms with van der Waals surface area (Å²) >= 11 is 6.12. The van der Waals surface area contributed by atoms with Crippen LogP contribution >= 0.6 is 11.6 Å². The van der Waals surface area contributed by atoms with Crippen molar-refractivity contribution in [2.75, 3.05) is 18.5 Å². The molecule has 2 rings (SSSR count). The maximum absolute atomic E-state index is 9.31. The minimum absolute atomic E-state index is 0.00101. The lowest BCUT2D eigenvalue weighted by Crippen LogP contribution is -2.37. The Bertz CT molecular complexity index is 487. The van der Waals surface area contributed by atoms with Crippen LogP contribution in [-0.4, -0.2) is 35.8 Å². The Morgan fingerprint density at radius 2 is 2.21 bits per heavy atom. The van der Waals surface area contributed by atoms with Crippen molar-refractivity contribution in [1.29, 1.82) is 0 Å². The molecule has 4 N–H and O–H groups in total. The summed E-state index contributed by atoms with van der Waals surface area (Å²) in [6.07, 6.45) is 1.48. The van der Waals surface area contributed by atoms with E-state index in [0.29, 0.717) is 16.5 Å². The van der Waals surface area contributed by atoms with Crippen molar-refractivity contribution >= 4 is 23.1 Å². The highest BCUT2D eigenvalue weighted by molar-refractivity contribution is 6.34. The lowest BCUT2D eigenvalue weighted by atomic mass is 9.82. The number of benzene rings is 1. The van der Waals surface area contributed by atoms with Gasteiger partial charge < -0.3 is 20.9 Å². The molecule has 104 valence electrons. The zero-order chi connectivity index (χ0) is 14.0. The minimum Gasteiger partial charge on any atom is -0.409 e. The highest BCUT2D eigenvalue weighted by atomic mass is 35.5. The van der Waals surface area contributed by atoms with Crippen LogP contribution in [0.4, 0.5) is 5.69 Å². The lowest BCUT2D eigenvalue weighted by Gasteiger charge is -2.35. The SMILES string of the molecule is CN(CC1CC(O)C1)c1cccc(Cl)c1C(N)=NO. The van der Waals surface area contributed by atoms with Gasteiger partial charge in [0, 0.05) is 19.3 Å². The second-order valence-corrected chi connectivity index (χ2v) is 5.40. The van der Waals surface area contributed by atoms with Gasteiger partial charge in [-0.25, -0.2) is 0 Å². The number of aliphatic hydroxyl groups is 1. The van der Waals surface area contributed by atoms with Crippen molar-refractivity contribution in [2.24, 2.45) is 16.8 Å². The first kappa shape index (κ1) is 14.0. The van der Waals surface area contributed by atoms with Crippen molar-refractivity contribution in [3.05, 3.63) is 28.8 Å². The molecule has 1 aromatic carbocycles. The number of hydrogen-bond donors (Lipinski definition) is 3. The van der Waals surface area contributed by atoms with E-state index in [1.165, 1.54) is 0 Å². The standard InChI is InChI=1S/C13H18ClN3O2/c1-17(7-8-5-9(18)6-8)11-4-2-3-10(14)12(11)13(15)16-19/h2-4,8-9,18-19H,5-7H2,1H3,(H2,15,16). The Kier molecular flexibility index (Phi) is 4.17. The fourth-order valence-electron chi connectivity index (χ4n) is 2.47. The lowest BCUT2D eigenvalue weighted by molar-refractivity contribution is 0.0465. The molecule has 0 amide bonds. The second-order valence-electron chi connectivity index (χ2n) is 4.99. The van der Waals surface area contributed by atoms with Gasteiger partial charge in [-0.1, -0.05) is 22.8 Å². The van der Waals surface area contributed by atoms with Gasteiger partial charge in [0.25, 0.3) is 0 Å². The Hall–Kier alpha value is -1.46. The Morgan fingerprint density at radius 3 is 2.79 bits per heavy atom. The molecule has 1 aliphatic rings. The molecule has 0 saturated heterocycles. The first-order valence-corrected chi connectivity index (χ1v) is 6.56. The molecule has 0 radical (unpaired) electrons. The predicted octanol–water partition coefficient (Wildman–Crippen LogP) is 1.64. The van der Waals surface area contributed by atoms with Gasteiger partial charge in [-0.05, 0) is 30.9 Å². The Balaban J connectivity index is 2.21. The number of nitrogens with two attached hydrogens (primary N) is 1. The van der Waals surface area contributed by atoms with Crippen LogP contribution in [0, 0.1) is 5.92 Å². The molecule has 0 unspecified atom stereocenters. The molecular weight excluding hydrogens is 266 g/mol. The van der Waals surface area contributed by atoms with E-state index in [4.69, 9.17) is 22.5 Å². The molecule has 1 aliphatic carbocycles. The topological polar surface area (TPSA) is 82.1 Å². The summed E-state index contributed by atoms with van der Waals surface area (Å²) in [4.78, 5) is 2.02.